The van der Waals surface area contributed by atoms with Crippen molar-refractivity contribution in [2.24, 2.45) is 5.73 Å². The monoisotopic (exact) mass is 382 g/mol. The molecule has 0 radical (unpaired) electrons. The van der Waals surface area contributed by atoms with Gasteiger partial charge < -0.3 is 20.9 Å². The number of carbonyl (C=O) groups excluding carboxylic acids is 2. The van der Waals surface area contributed by atoms with E-state index in [9.17, 15) is 14.4 Å². The minimum atomic E-state index is -1.22. The van der Waals surface area contributed by atoms with E-state index >= 15 is 0 Å². The van der Waals surface area contributed by atoms with Crippen molar-refractivity contribution in [3.63, 3.8) is 0 Å². The molecule has 0 fully saturated rings. The number of hydrogen-bond acceptors (Lipinski definition) is 4. The molecule has 7 nitrogen and oxygen atoms in total. The smallest absolute Gasteiger partial charge is 0.326 e. The van der Waals surface area contributed by atoms with Crippen LogP contribution in [0.2, 0.25) is 0 Å². The van der Waals surface area contributed by atoms with Gasteiger partial charge in [-0.05, 0) is 35.8 Å². The Labute approximate surface area is 162 Å². The Morgan fingerprint density at radius 3 is 2.36 bits per heavy atom. The third-order valence-corrected chi connectivity index (χ3v) is 3.85. The minimum absolute atomic E-state index is 0.0578. The number of nitrogens with one attached hydrogen (secondary N) is 1. The highest BCUT2D eigenvalue weighted by atomic mass is 16.5. The van der Waals surface area contributed by atoms with Gasteiger partial charge in [0.05, 0.1) is 0 Å². The van der Waals surface area contributed by atoms with Gasteiger partial charge in [0.15, 0.2) is 0 Å². The van der Waals surface area contributed by atoms with Crippen molar-refractivity contribution >= 4 is 23.9 Å². The number of carbonyl (C=O) groups is 3. The van der Waals surface area contributed by atoms with E-state index in [1.165, 1.54) is 6.08 Å². The van der Waals surface area contributed by atoms with Gasteiger partial charge in [0.25, 0.3) is 0 Å². The van der Waals surface area contributed by atoms with Gasteiger partial charge in [-0.3, -0.25) is 9.59 Å². The van der Waals surface area contributed by atoms with Crippen molar-refractivity contribution in [3.8, 4) is 5.75 Å². The van der Waals surface area contributed by atoms with Crippen LogP contribution in [-0.4, -0.2) is 28.9 Å². The van der Waals surface area contributed by atoms with Gasteiger partial charge in [0, 0.05) is 12.5 Å². The summed E-state index contributed by atoms with van der Waals surface area (Å²) in [7, 11) is 0. The fourth-order valence-electron chi connectivity index (χ4n) is 2.35. The van der Waals surface area contributed by atoms with Crippen LogP contribution in [0.15, 0.2) is 60.7 Å². The summed E-state index contributed by atoms with van der Waals surface area (Å²) in [6.45, 7) is 0.459. The molecule has 1 atom stereocenters. The lowest BCUT2D eigenvalue weighted by Crippen LogP contribution is -2.40. The second-order valence-electron chi connectivity index (χ2n) is 6.08. The standard InChI is InChI=1S/C21H22N2O5/c22-19(24)12-11-18(21(26)27)23-20(25)13-8-15-6-9-17(10-7-15)28-14-16-4-2-1-3-5-16/h1-10,13,18H,11-12,14H2,(H2,22,24)(H,23,25)(H,26,27)/b13-8+. The lowest BCUT2D eigenvalue weighted by molar-refractivity contribution is -0.141. The molecule has 2 aromatic carbocycles. The zero-order valence-corrected chi connectivity index (χ0v) is 15.2. The molecule has 0 heterocycles. The zero-order chi connectivity index (χ0) is 20.4. The molecule has 2 rings (SSSR count). The molecular formula is C21H22N2O5. The fourth-order valence-corrected chi connectivity index (χ4v) is 2.35. The first-order valence-corrected chi connectivity index (χ1v) is 8.70. The number of aliphatic carboxylic acids is 1. The molecular weight excluding hydrogens is 360 g/mol. The highest BCUT2D eigenvalue weighted by molar-refractivity contribution is 5.94. The predicted molar refractivity (Wildman–Crippen MR) is 104 cm³/mol. The number of carboxylic acids is 1. The molecule has 7 heteroatoms. The summed E-state index contributed by atoms with van der Waals surface area (Å²) >= 11 is 0. The van der Waals surface area contributed by atoms with E-state index in [4.69, 9.17) is 15.6 Å². The largest absolute Gasteiger partial charge is 0.489 e. The quantitative estimate of drug-likeness (QED) is 0.544. The first-order chi connectivity index (χ1) is 13.4. The molecule has 0 saturated heterocycles. The van der Waals surface area contributed by atoms with Crippen LogP contribution in [0.4, 0.5) is 0 Å². The Balaban J connectivity index is 1.86. The van der Waals surface area contributed by atoms with Gasteiger partial charge in [-0.25, -0.2) is 4.79 Å². The van der Waals surface area contributed by atoms with E-state index in [0.29, 0.717) is 12.4 Å². The molecule has 0 aliphatic heterocycles. The molecule has 0 saturated carbocycles. The summed E-state index contributed by atoms with van der Waals surface area (Å²) in [5, 5.41) is 11.4. The van der Waals surface area contributed by atoms with Gasteiger partial charge >= 0.3 is 5.97 Å². The number of benzene rings is 2. The summed E-state index contributed by atoms with van der Waals surface area (Å²) in [5.41, 5.74) is 6.82. The Morgan fingerprint density at radius 2 is 1.75 bits per heavy atom. The van der Waals surface area contributed by atoms with Gasteiger partial charge in [0.2, 0.25) is 11.8 Å². The third-order valence-electron chi connectivity index (χ3n) is 3.85. The first kappa shape index (κ1) is 20.7. The molecule has 146 valence electrons. The normalized spacial score (nSPS) is 11.7. The Bertz CT molecular complexity index is 832. The van der Waals surface area contributed by atoms with Crippen LogP contribution in [0.25, 0.3) is 6.08 Å². The van der Waals surface area contributed by atoms with Crippen molar-refractivity contribution in [2.45, 2.75) is 25.5 Å². The molecule has 2 amide bonds. The maximum atomic E-state index is 11.9. The van der Waals surface area contributed by atoms with Crippen LogP contribution < -0.4 is 15.8 Å². The van der Waals surface area contributed by atoms with E-state index in [-0.39, 0.29) is 12.8 Å². The topological polar surface area (TPSA) is 119 Å². The summed E-state index contributed by atoms with van der Waals surface area (Å²) in [5.74, 6) is -1.71. The molecule has 0 aromatic heterocycles. The van der Waals surface area contributed by atoms with E-state index in [2.05, 4.69) is 5.32 Å². The molecule has 4 N–H and O–H groups in total. The molecule has 0 bridgehead atoms. The highest BCUT2D eigenvalue weighted by Gasteiger charge is 2.19. The van der Waals surface area contributed by atoms with Crippen LogP contribution in [-0.2, 0) is 21.0 Å². The molecule has 0 spiro atoms. The SMILES string of the molecule is NC(=O)CCC(NC(=O)/C=C/c1ccc(OCc2ccccc2)cc1)C(=O)O. The molecule has 1 unspecified atom stereocenters. The van der Waals surface area contributed by atoms with Crippen molar-refractivity contribution in [1.82, 2.24) is 5.32 Å². The highest BCUT2D eigenvalue weighted by Crippen LogP contribution is 2.15. The summed E-state index contributed by atoms with van der Waals surface area (Å²) < 4.78 is 5.69. The average molecular weight is 382 g/mol. The van der Waals surface area contributed by atoms with Gasteiger partial charge in [-0.1, -0.05) is 42.5 Å². The molecule has 0 aliphatic rings. The second-order valence-corrected chi connectivity index (χ2v) is 6.08. The number of hydrogen-bond donors (Lipinski definition) is 3. The number of rotatable bonds is 10. The Morgan fingerprint density at radius 1 is 1.07 bits per heavy atom. The maximum absolute atomic E-state index is 11.9. The summed E-state index contributed by atoms with van der Waals surface area (Å²) in [6.07, 6.45) is 2.62. The van der Waals surface area contributed by atoms with E-state index in [1.807, 2.05) is 30.3 Å². The van der Waals surface area contributed by atoms with Crippen LogP contribution >= 0.6 is 0 Å². The number of carboxylic acid groups (broad SMARTS) is 1. The predicted octanol–water partition coefficient (Wildman–Crippen LogP) is 2.11. The Hall–Kier alpha value is -3.61. The number of ether oxygens (including phenoxy) is 1. The summed E-state index contributed by atoms with van der Waals surface area (Å²) in [6, 6.07) is 15.8. The molecule has 2 aromatic rings. The lowest BCUT2D eigenvalue weighted by atomic mass is 10.1. The molecule has 0 aliphatic carbocycles. The minimum Gasteiger partial charge on any atom is -0.489 e. The number of primary amides is 1. The average Bonchev–Trinajstić information content (AvgIpc) is 2.69. The van der Waals surface area contributed by atoms with Crippen LogP contribution in [0.5, 0.6) is 5.75 Å². The van der Waals surface area contributed by atoms with Gasteiger partial charge in [-0.2, -0.15) is 0 Å². The summed E-state index contributed by atoms with van der Waals surface area (Å²) in [4.78, 5) is 33.8. The van der Waals surface area contributed by atoms with Crippen molar-refractivity contribution in [1.29, 1.82) is 0 Å². The number of nitrogens with two attached hydrogens (primary N) is 1. The Kier molecular flexibility index (Phi) is 7.77. The maximum Gasteiger partial charge on any atom is 0.326 e. The van der Waals surface area contributed by atoms with Crippen LogP contribution in [0.3, 0.4) is 0 Å². The molecule has 28 heavy (non-hydrogen) atoms. The second kappa shape index (κ2) is 10.5. The fraction of sp³-hybridized carbons (Fsp3) is 0.190. The van der Waals surface area contributed by atoms with Crippen molar-refractivity contribution in [2.75, 3.05) is 0 Å². The first-order valence-electron chi connectivity index (χ1n) is 8.70. The van der Waals surface area contributed by atoms with Crippen LogP contribution in [0.1, 0.15) is 24.0 Å². The van der Waals surface area contributed by atoms with E-state index < -0.39 is 23.8 Å². The third kappa shape index (κ3) is 7.33. The van der Waals surface area contributed by atoms with Crippen molar-refractivity contribution < 1.29 is 24.2 Å². The van der Waals surface area contributed by atoms with Crippen molar-refractivity contribution in [3.05, 3.63) is 71.8 Å². The van der Waals surface area contributed by atoms with Crippen LogP contribution in [0, 0.1) is 0 Å². The van der Waals surface area contributed by atoms with E-state index in [0.717, 1.165) is 11.1 Å². The lowest BCUT2D eigenvalue weighted by Gasteiger charge is -2.11. The zero-order valence-electron chi connectivity index (χ0n) is 15.2. The number of amides is 2. The van der Waals surface area contributed by atoms with Gasteiger partial charge in [0.1, 0.15) is 18.4 Å². The van der Waals surface area contributed by atoms with Gasteiger partial charge in [-0.15, -0.1) is 0 Å². The van der Waals surface area contributed by atoms with E-state index in [1.54, 1.807) is 30.3 Å².